The predicted octanol–water partition coefficient (Wildman–Crippen LogP) is 0.0431. The number of aromatic hydroxyl groups is 1. The van der Waals surface area contributed by atoms with Gasteiger partial charge in [-0.2, -0.15) is 4.98 Å². The number of nitrogens with one attached hydrogen (secondary N) is 2. The standard InChI is InChI=1S/C22H26N4O7S/c1-11-19-14(7-15(28)8-18(19)31-4)9-34-10-17(21-23-12(2)26-33-21)25-20(29)16(24-13(3)27)5-6-32-22(11)30/h7-9,16-17,28H,5-6,10H2,1-4H3,(H,24,27)(H,25,29)/b14-9-,19-11+/t16-,17-/m0/s1. The van der Waals surface area contributed by atoms with E-state index in [1.807, 2.05) is 0 Å². The largest absolute Gasteiger partial charge is 0.508 e. The molecule has 11 nitrogen and oxygen atoms in total. The van der Waals surface area contributed by atoms with Gasteiger partial charge in [-0.25, -0.2) is 4.79 Å². The Morgan fingerprint density at radius 1 is 1.32 bits per heavy atom. The molecule has 0 bridgehead atoms. The number of thioether (sulfide) groups is 1. The summed E-state index contributed by atoms with van der Waals surface area (Å²) in [5.41, 5.74) is 0.269. The molecule has 34 heavy (non-hydrogen) atoms. The minimum absolute atomic E-state index is 0.0368. The Kier molecular flexibility index (Phi) is 8.16. The van der Waals surface area contributed by atoms with Crippen LogP contribution in [-0.2, 0) is 19.1 Å². The number of phenols is 1. The first-order valence-electron chi connectivity index (χ1n) is 10.4. The second-order valence-corrected chi connectivity index (χ2v) is 8.51. The maximum Gasteiger partial charge on any atom is 0.334 e. The Labute approximate surface area is 199 Å². The molecule has 2 heterocycles. The highest BCUT2D eigenvalue weighted by molar-refractivity contribution is 8.06. The summed E-state index contributed by atoms with van der Waals surface area (Å²) >= 11 is 1.30. The van der Waals surface area contributed by atoms with Crippen molar-refractivity contribution in [3.63, 3.8) is 0 Å². The quantitative estimate of drug-likeness (QED) is 0.503. The van der Waals surface area contributed by atoms with Crippen LogP contribution >= 0.6 is 11.8 Å². The fourth-order valence-corrected chi connectivity index (χ4v) is 4.29. The number of rotatable bonds is 3. The average molecular weight is 491 g/mol. The molecule has 2 atom stereocenters. The van der Waals surface area contributed by atoms with Gasteiger partial charge in [0.25, 0.3) is 0 Å². The van der Waals surface area contributed by atoms with Crippen LogP contribution in [0.3, 0.4) is 0 Å². The van der Waals surface area contributed by atoms with Gasteiger partial charge < -0.3 is 29.7 Å². The third-order valence-corrected chi connectivity index (χ3v) is 5.93. The monoisotopic (exact) mass is 490 g/mol. The maximum absolute atomic E-state index is 13.0. The van der Waals surface area contributed by atoms with Crippen LogP contribution in [0.25, 0.3) is 11.0 Å². The van der Waals surface area contributed by atoms with Gasteiger partial charge in [-0.15, -0.1) is 11.8 Å². The first-order valence-corrected chi connectivity index (χ1v) is 11.5. The molecule has 3 rings (SSSR count). The zero-order valence-corrected chi connectivity index (χ0v) is 20.0. The smallest absolute Gasteiger partial charge is 0.334 e. The minimum atomic E-state index is -0.937. The third kappa shape index (κ3) is 6.07. The Balaban J connectivity index is 2.09. The highest BCUT2D eigenvalue weighted by atomic mass is 32.2. The molecule has 3 N–H and O–H groups in total. The van der Waals surface area contributed by atoms with E-state index in [9.17, 15) is 19.5 Å². The van der Waals surface area contributed by atoms with Gasteiger partial charge in [-0.1, -0.05) is 5.16 Å². The van der Waals surface area contributed by atoms with Crippen LogP contribution in [0.15, 0.2) is 16.7 Å². The van der Waals surface area contributed by atoms with Crippen molar-refractivity contribution < 1.29 is 33.5 Å². The number of amides is 2. The molecule has 1 aromatic carbocycles. The number of fused-ring (bicyclic) bond motifs is 1. The van der Waals surface area contributed by atoms with Gasteiger partial charge in [-0.05, 0) is 30.5 Å². The van der Waals surface area contributed by atoms with E-state index in [1.165, 1.54) is 37.9 Å². The third-order valence-electron chi connectivity index (χ3n) is 4.98. The fourth-order valence-electron chi connectivity index (χ4n) is 3.41. The normalized spacial score (nSPS) is 22.3. The highest BCUT2D eigenvalue weighted by Crippen LogP contribution is 2.19. The van der Waals surface area contributed by atoms with Gasteiger partial charge in [-0.3, -0.25) is 9.59 Å². The van der Waals surface area contributed by atoms with E-state index in [0.717, 1.165) is 0 Å². The second kappa shape index (κ2) is 11.1. The lowest BCUT2D eigenvalue weighted by atomic mass is 10.1. The topological polar surface area (TPSA) is 153 Å². The van der Waals surface area contributed by atoms with Crippen molar-refractivity contribution in [2.24, 2.45) is 0 Å². The van der Waals surface area contributed by atoms with E-state index >= 15 is 0 Å². The molecule has 0 aliphatic carbocycles. The number of aromatic nitrogens is 2. The average Bonchev–Trinajstić information content (AvgIpc) is 3.21. The number of hydrogen-bond acceptors (Lipinski definition) is 10. The summed E-state index contributed by atoms with van der Waals surface area (Å²) in [7, 11) is 1.44. The molecule has 0 unspecified atom stereocenters. The number of carbonyl (C=O) groups excluding carboxylic acids is 3. The number of cyclic esters (lactones) is 1. The summed E-state index contributed by atoms with van der Waals surface area (Å²) in [5, 5.41) is 22.1. The summed E-state index contributed by atoms with van der Waals surface area (Å²) in [4.78, 5) is 41.6. The number of ether oxygens (including phenoxy) is 2. The van der Waals surface area contributed by atoms with Gasteiger partial charge in [0.15, 0.2) is 5.82 Å². The molecular weight excluding hydrogens is 464 g/mol. The zero-order valence-electron chi connectivity index (χ0n) is 19.2. The summed E-state index contributed by atoms with van der Waals surface area (Å²) in [6, 6.07) is 1.32. The molecule has 0 saturated heterocycles. The molecule has 0 saturated carbocycles. The number of aryl methyl sites for hydroxylation is 1. The number of methoxy groups -OCH3 is 1. The minimum Gasteiger partial charge on any atom is -0.508 e. The van der Waals surface area contributed by atoms with E-state index in [4.69, 9.17) is 14.0 Å². The van der Waals surface area contributed by atoms with Crippen molar-refractivity contribution in [2.45, 2.75) is 39.3 Å². The molecule has 12 heteroatoms. The maximum atomic E-state index is 13.0. The lowest BCUT2D eigenvalue weighted by Crippen LogP contribution is -2.48. The van der Waals surface area contributed by atoms with E-state index in [-0.39, 0.29) is 30.2 Å². The molecule has 2 aromatic rings. The van der Waals surface area contributed by atoms with Crippen molar-refractivity contribution in [1.29, 1.82) is 0 Å². The lowest BCUT2D eigenvalue weighted by Gasteiger charge is -2.21. The number of nitrogens with zero attached hydrogens (tertiary/aromatic N) is 2. The summed E-state index contributed by atoms with van der Waals surface area (Å²) in [5.74, 6) is -0.307. The van der Waals surface area contributed by atoms with Crippen LogP contribution in [-0.4, -0.2) is 58.5 Å². The van der Waals surface area contributed by atoms with E-state index < -0.39 is 29.9 Å². The molecule has 2 amide bonds. The lowest BCUT2D eigenvalue weighted by molar-refractivity contribution is -0.138. The van der Waals surface area contributed by atoms with E-state index in [0.29, 0.717) is 27.8 Å². The molecule has 0 fully saturated rings. The predicted molar refractivity (Wildman–Crippen MR) is 123 cm³/mol. The molecular formula is C22H26N4O7S. The molecule has 182 valence electrons. The van der Waals surface area contributed by atoms with Crippen LogP contribution in [0.1, 0.15) is 38.0 Å². The SMILES string of the molecule is COc1cc(O)cc2/c1=C(/C)C(=O)OCC[C@H](NC(C)=O)C(=O)N[C@H](c1nc(C)no1)CS\C=2. The Bertz CT molecular complexity index is 1210. The molecule has 0 spiro atoms. The molecule has 1 aromatic heterocycles. The van der Waals surface area contributed by atoms with Crippen molar-refractivity contribution >= 4 is 40.5 Å². The Morgan fingerprint density at radius 2 is 2.09 bits per heavy atom. The first kappa shape index (κ1) is 25.1. The number of hydrogen-bond donors (Lipinski definition) is 3. The van der Waals surface area contributed by atoms with Crippen molar-refractivity contribution in [1.82, 2.24) is 20.8 Å². The zero-order chi connectivity index (χ0) is 24.8. The van der Waals surface area contributed by atoms with Crippen LogP contribution in [0.2, 0.25) is 0 Å². The van der Waals surface area contributed by atoms with Crippen molar-refractivity contribution in [3.8, 4) is 11.5 Å². The van der Waals surface area contributed by atoms with Crippen LogP contribution in [0.5, 0.6) is 11.5 Å². The fraction of sp³-hybridized carbons (Fsp3) is 0.409. The van der Waals surface area contributed by atoms with Crippen molar-refractivity contribution in [2.75, 3.05) is 19.5 Å². The second-order valence-electron chi connectivity index (χ2n) is 7.61. The number of esters is 1. The molecule has 0 radical (unpaired) electrons. The van der Waals surface area contributed by atoms with Gasteiger partial charge >= 0.3 is 5.97 Å². The number of carbonyl (C=O) groups is 3. The number of phenolic OH excluding ortho intramolecular Hbond substituents is 1. The van der Waals surface area contributed by atoms with Crippen LogP contribution < -0.4 is 25.8 Å². The van der Waals surface area contributed by atoms with E-state index in [2.05, 4.69) is 20.8 Å². The van der Waals surface area contributed by atoms with Gasteiger partial charge in [0.1, 0.15) is 23.6 Å². The molecule has 1 aliphatic heterocycles. The summed E-state index contributed by atoms with van der Waals surface area (Å²) in [6.45, 7) is 4.43. The Hall–Kier alpha value is -3.54. The summed E-state index contributed by atoms with van der Waals surface area (Å²) < 4.78 is 16.0. The van der Waals surface area contributed by atoms with Crippen molar-refractivity contribution in [3.05, 3.63) is 34.3 Å². The number of benzene rings is 1. The van der Waals surface area contributed by atoms with Gasteiger partial charge in [0.2, 0.25) is 17.7 Å². The van der Waals surface area contributed by atoms with E-state index in [1.54, 1.807) is 19.3 Å². The Morgan fingerprint density at radius 3 is 2.74 bits per heavy atom. The first-order chi connectivity index (χ1) is 16.2. The molecule has 1 aliphatic rings. The van der Waals surface area contributed by atoms with Gasteiger partial charge in [0, 0.05) is 36.0 Å². The van der Waals surface area contributed by atoms with Crippen LogP contribution in [0, 0.1) is 6.92 Å². The van der Waals surface area contributed by atoms with Crippen LogP contribution in [0.4, 0.5) is 0 Å². The summed E-state index contributed by atoms with van der Waals surface area (Å²) in [6.07, 6.45) is 0.0544. The highest BCUT2D eigenvalue weighted by Gasteiger charge is 2.27. The van der Waals surface area contributed by atoms with Gasteiger partial charge in [0.05, 0.1) is 13.7 Å².